The van der Waals surface area contributed by atoms with Gasteiger partial charge in [-0.15, -0.1) is 0 Å². The van der Waals surface area contributed by atoms with E-state index in [0.29, 0.717) is 29.0 Å². The van der Waals surface area contributed by atoms with Gasteiger partial charge in [0.05, 0.1) is 4.92 Å². The number of nitro groups is 1. The number of hydrogen-bond acceptors (Lipinski definition) is 6. The highest BCUT2D eigenvalue weighted by atomic mass is 79.9. The lowest BCUT2D eigenvalue weighted by Crippen LogP contribution is -2.08. The molecule has 0 amide bonds. The Morgan fingerprint density at radius 3 is 2.62 bits per heavy atom. The van der Waals surface area contributed by atoms with E-state index >= 15 is 0 Å². The summed E-state index contributed by atoms with van der Waals surface area (Å²) in [6.07, 6.45) is 1.59. The summed E-state index contributed by atoms with van der Waals surface area (Å²) in [5.74, 6) is 0.0737. The fourth-order valence-electron chi connectivity index (χ4n) is 3.18. The number of ether oxygens (including phenoxy) is 2. The maximum absolute atomic E-state index is 12.3. The van der Waals surface area contributed by atoms with Gasteiger partial charge in [0.25, 0.3) is 5.69 Å². The van der Waals surface area contributed by atoms with Crippen LogP contribution in [0.4, 0.5) is 5.69 Å². The highest BCUT2D eigenvalue weighted by Crippen LogP contribution is 2.26. The first kappa shape index (κ1) is 21.5. The first-order chi connectivity index (χ1) is 15.4. The van der Waals surface area contributed by atoms with E-state index in [1.165, 1.54) is 12.1 Å². The third kappa shape index (κ3) is 4.76. The van der Waals surface area contributed by atoms with Crippen molar-refractivity contribution in [3.63, 3.8) is 0 Å². The predicted molar refractivity (Wildman–Crippen MR) is 123 cm³/mol. The Labute approximate surface area is 192 Å². The molecule has 160 valence electrons. The summed E-state index contributed by atoms with van der Waals surface area (Å²) in [4.78, 5) is 27.3. The molecule has 0 aromatic heterocycles. The second-order valence-electron chi connectivity index (χ2n) is 7.03. The van der Waals surface area contributed by atoms with Gasteiger partial charge in [-0.1, -0.05) is 46.3 Å². The largest absolute Gasteiger partial charge is 0.489 e. The van der Waals surface area contributed by atoms with Crippen LogP contribution in [-0.4, -0.2) is 16.8 Å². The van der Waals surface area contributed by atoms with Crippen LogP contribution in [-0.2, 0) is 16.1 Å². The summed E-state index contributed by atoms with van der Waals surface area (Å²) in [5.41, 5.74) is 2.57. The lowest BCUT2D eigenvalue weighted by atomic mass is 10.1. The third-order valence-corrected chi connectivity index (χ3v) is 5.36. The molecule has 8 heteroatoms. The number of rotatable bonds is 6. The van der Waals surface area contributed by atoms with Crippen LogP contribution in [0.1, 0.15) is 22.3 Å². The Hall–Kier alpha value is -3.78. The molecule has 4 rings (SSSR count). The molecular weight excluding hydrogens is 476 g/mol. The number of cyclic esters (lactones) is 1. The van der Waals surface area contributed by atoms with E-state index in [1.54, 1.807) is 25.1 Å². The van der Waals surface area contributed by atoms with Crippen molar-refractivity contribution in [1.82, 2.24) is 0 Å². The number of nitro benzene ring substituents is 1. The fourth-order valence-corrected chi connectivity index (χ4v) is 3.44. The monoisotopic (exact) mass is 492 g/mol. The summed E-state index contributed by atoms with van der Waals surface area (Å²) >= 11 is 3.40. The number of esters is 1. The van der Waals surface area contributed by atoms with E-state index in [-0.39, 0.29) is 17.3 Å². The molecular formula is C24H17BrN2O5. The van der Waals surface area contributed by atoms with Gasteiger partial charge in [-0.2, -0.15) is 0 Å². The Bertz CT molecular complexity index is 1270. The quantitative estimate of drug-likeness (QED) is 0.193. The van der Waals surface area contributed by atoms with E-state index in [9.17, 15) is 14.9 Å². The molecule has 0 saturated carbocycles. The van der Waals surface area contributed by atoms with Gasteiger partial charge in [0.2, 0.25) is 5.90 Å². The molecule has 0 bridgehead atoms. The first-order valence-electron chi connectivity index (χ1n) is 9.65. The van der Waals surface area contributed by atoms with Crippen molar-refractivity contribution in [2.45, 2.75) is 13.5 Å². The Morgan fingerprint density at radius 2 is 1.88 bits per heavy atom. The van der Waals surface area contributed by atoms with Crippen LogP contribution in [0, 0.1) is 17.0 Å². The summed E-state index contributed by atoms with van der Waals surface area (Å²) < 4.78 is 12.1. The van der Waals surface area contributed by atoms with Crippen LogP contribution in [0.3, 0.4) is 0 Å². The summed E-state index contributed by atoms with van der Waals surface area (Å²) in [6, 6.07) is 19.7. The van der Waals surface area contributed by atoms with E-state index in [0.717, 1.165) is 10.0 Å². The molecule has 0 saturated heterocycles. The van der Waals surface area contributed by atoms with Crippen LogP contribution in [0.2, 0.25) is 0 Å². The zero-order valence-corrected chi connectivity index (χ0v) is 18.5. The molecule has 0 fully saturated rings. The summed E-state index contributed by atoms with van der Waals surface area (Å²) in [5, 5.41) is 11.2. The zero-order chi connectivity index (χ0) is 22.7. The van der Waals surface area contributed by atoms with E-state index < -0.39 is 10.9 Å². The Morgan fingerprint density at radius 1 is 1.12 bits per heavy atom. The molecule has 0 atom stereocenters. The fraction of sp³-hybridized carbons (Fsp3) is 0.0833. The van der Waals surface area contributed by atoms with Crippen LogP contribution in [0.5, 0.6) is 5.75 Å². The molecule has 0 aliphatic carbocycles. The topological polar surface area (TPSA) is 91.0 Å². The second-order valence-corrected chi connectivity index (χ2v) is 7.95. The van der Waals surface area contributed by atoms with Crippen molar-refractivity contribution in [3.05, 3.63) is 109 Å². The molecule has 0 N–H and O–H groups in total. The van der Waals surface area contributed by atoms with Crippen molar-refractivity contribution in [3.8, 4) is 5.75 Å². The number of aliphatic imine (C=N–C) groups is 1. The molecule has 0 spiro atoms. The van der Waals surface area contributed by atoms with Crippen molar-refractivity contribution in [1.29, 1.82) is 0 Å². The van der Waals surface area contributed by atoms with Crippen molar-refractivity contribution >= 4 is 39.6 Å². The molecule has 0 unspecified atom stereocenters. The second kappa shape index (κ2) is 9.15. The van der Waals surface area contributed by atoms with Gasteiger partial charge >= 0.3 is 5.97 Å². The molecule has 1 aliphatic rings. The van der Waals surface area contributed by atoms with Crippen molar-refractivity contribution < 1.29 is 19.2 Å². The summed E-state index contributed by atoms with van der Waals surface area (Å²) in [7, 11) is 0. The average Bonchev–Trinajstić information content (AvgIpc) is 3.13. The molecule has 0 radical (unpaired) electrons. The standard InChI is InChI=1S/C24H17BrN2O5/c1-15-20(6-3-7-22(15)27(29)30)23-26-21(24(28)32-23)13-17-4-2-5-19(12-17)31-14-16-8-10-18(25)11-9-16/h2-13H,14H2,1H3/b21-13-. The van der Waals surface area contributed by atoms with Crippen LogP contribution >= 0.6 is 15.9 Å². The van der Waals surface area contributed by atoms with Gasteiger partial charge < -0.3 is 9.47 Å². The molecule has 7 nitrogen and oxygen atoms in total. The van der Waals surface area contributed by atoms with E-state index in [2.05, 4.69) is 20.9 Å². The van der Waals surface area contributed by atoms with Crippen molar-refractivity contribution in [2.24, 2.45) is 4.99 Å². The van der Waals surface area contributed by atoms with Gasteiger partial charge in [0.1, 0.15) is 12.4 Å². The van der Waals surface area contributed by atoms with Gasteiger partial charge in [-0.3, -0.25) is 10.1 Å². The highest BCUT2D eigenvalue weighted by Gasteiger charge is 2.27. The maximum Gasteiger partial charge on any atom is 0.363 e. The van der Waals surface area contributed by atoms with Crippen LogP contribution < -0.4 is 4.74 Å². The number of benzene rings is 3. The van der Waals surface area contributed by atoms with Gasteiger partial charge in [-0.05, 0) is 54.5 Å². The SMILES string of the molecule is Cc1c(C2=N/C(=C\c3cccc(OCc4ccc(Br)cc4)c3)C(=O)O2)cccc1[N+](=O)[O-]. The van der Waals surface area contributed by atoms with E-state index in [1.807, 2.05) is 42.5 Å². The molecule has 3 aromatic carbocycles. The summed E-state index contributed by atoms with van der Waals surface area (Å²) in [6.45, 7) is 2.00. The zero-order valence-electron chi connectivity index (χ0n) is 16.9. The van der Waals surface area contributed by atoms with Crippen LogP contribution in [0.15, 0.2) is 81.9 Å². The number of hydrogen-bond donors (Lipinski definition) is 0. The number of halogens is 1. The minimum atomic E-state index is -0.618. The number of carbonyl (C=O) groups is 1. The Balaban J connectivity index is 1.55. The van der Waals surface area contributed by atoms with E-state index in [4.69, 9.17) is 9.47 Å². The molecule has 32 heavy (non-hydrogen) atoms. The smallest absolute Gasteiger partial charge is 0.363 e. The molecule has 1 aliphatic heterocycles. The highest BCUT2D eigenvalue weighted by molar-refractivity contribution is 9.10. The van der Waals surface area contributed by atoms with Crippen LogP contribution in [0.25, 0.3) is 6.08 Å². The first-order valence-corrected chi connectivity index (χ1v) is 10.4. The van der Waals surface area contributed by atoms with Gasteiger partial charge in [-0.25, -0.2) is 9.79 Å². The molecule has 1 heterocycles. The maximum atomic E-state index is 12.3. The van der Waals surface area contributed by atoms with Gasteiger partial charge in [0, 0.05) is 21.7 Å². The average molecular weight is 493 g/mol. The van der Waals surface area contributed by atoms with Crippen molar-refractivity contribution in [2.75, 3.05) is 0 Å². The lowest BCUT2D eigenvalue weighted by Gasteiger charge is -2.07. The Kier molecular flexibility index (Phi) is 6.13. The predicted octanol–water partition coefficient (Wildman–Crippen LogP) is 5.59. The number of carbonyl (C=O) groups excluding carboxylic acids is 1. The third-order valence-electron chi connectivity index (χ3n) is 4.83. The molecule has 3 aromatic rings. The minimum absolute atomic E-state index is 0.0464. The van der Waals surface area contributed by atoms with Gasteiger partial charge in [0.15, 0.2) is 5.70 Å². The lowest BCUT2D eigenvalue weighted by molar-refractivity contribution is -0.385. The number of nitrogens with zero attached hydrogens (tertiary/aromatic N) is 2. The minimum Gasteiger partial charge on any atom is -0.489 e. The normalized spacial score (nSPS) is 14.2.